The maximum Gasteiger partial charge on any atom is 2.00 e. The maximum atomic E-state index is 0. The molecule has 0 spiro atoms. The molecule has 0 aromatic carbocycles. The molecule has 0 atom stereocenters. The Hall–Kier alpha value is 0.448. The molecular formula is H14N2O4Pt+2. The molecule has 6 nitrogen and oxygen atoms in total. The third-order valence-electron chi connectivity index (χ3n) is 0. The Morgan fingerprint density at radius 2 is 0.429 bits per heavy atom. The number of hydrogen-bond acceptors (Lipinski definition) is 2. The second-order valence-corrected chi connectivity index (χ2v) is 0. The van der Waals surface area contributed by atoms with Gasteiger partial charge in [0, 0.05) is 0 Å². The summed E-state index contributed by atoms with van der Waals surface area (Å²) in [5.74, 6) is 0. The standard InChI is InChI=1S/2H3N.4H2O.Pt/h2*1H3;4*1H2;/q;;;;;;+2. The molecule has 0 radical (unpaired) electrons. The molecule has 0 heterocycles. The third-order valence-corrected chi connectivity index (χ3v) is 0. The molecule has 0 aliphatic heterocycles. The van der Waals surface area contributed by atoms with Gasteiger partial charge in [-0.15, -0.1) is 0 Å². The second kappa shape index (κ2) is 952. The molecule has 7 heavy (non-hydrogen) atoms. The Morgan fingerprint density at radius 1 is 0.429 bits per heavy atom. The van der Waals surface area contributed by atoms with E-state index in [1.807, 2.05) is 0 Å². The fraction of sp³-hybridized carbons (Fsp3) is 0. The molecule has 14 N–H and O–H groups in total. The molecule has 0 bridgehead atoms. The number of rotatable bonds is 0. The fourth-order valence-corrected chi connectivity index (χ4v) is 0. The summed E-state index contributed by atoms with van der Waals surface area (Å²) in [6, 6.07) is 0. The SMILES string of the molecule is N.N.O.O.O.O.[Pt+2]. The topological polar surface area (TPSA) is 196 Å². The van der Waals surface area contributed by atoms with Gasteiger partial charge in [-0.05, 0) is 0 Å². The molecule has 0 fully saturated rings. The van der Waals surface area contributed by atoms with Crippen LogP contribution in [0.3, 0.4) is 0 Å². The van der Waals surface area contributed by atoms with Gasteiger partial charge in [0.1, 0.15) is 0 Å². The zero-order valence-electron chi connectivity index (χ0n) is 3.73. The predicted octanol–water partition coefficient (Wildman–Crippen LogP) is -2.98. The van der Waals surface area contributed by atoms with Crippen molar-refractivity contribution in [3.05, 3.63) is 0 Å². The first-order valence-corrected chi connectivity index (χ1v) is 0. The van der Waals surface area contributed by atoms with E-state index in [1.54, 1.807) is 0 Å². The van der Waals surface area contributed by atoms with Crippen LogP contribution in [0.2, 0.25) is 0 Å². The zero-order valence-corrected chi connectivity index (χ0v) is 6.00. The Morgan fingerprint density at radius 3 is 0.429 bits per heavy atom. The van der Waals surface area contributed by atoms with Crippen molar-refractivity contribution in [1.29, 1.82) is 0 Å². The second-order valence-electron chi connectivity index (χ2n) is 0. The van der Waals surface area contributed by atoms with Crippen LogP contribution in [-0.2, 0) is 21.1 Å². The number of hydrogen-bond donors (Lipinski definition) is 2. The van der Waals surface area contributed by atoms with E-state index in [2.05, 4.69) is 0 Å². The maximum absolute atomic E-state index is 0. The first-order valence-electron chi connectivity index (χ1n) is 0. The van der Waals surface area contributed by atoms with Gasteiger partial charge in [0.2, 0.25) is 0 Å². The predicted molar refractivity (Wildman–Crippen MR) is 24.5 cm³/mol. The summed E-state index contributed by atoms with van der Waals surface area (Å²) < 4.78 is 0. The van der Waals surface area contributed by atoms with Gasteiger partial charge in [-0.25, -0.2) is 0 Å². The molecule has 0 rings (SSSR count). The van der Waals surface area contributed by atoms with Gasteiger partial charge in [0.25, 0.3) is 0 Å². The zero-order chi connectivity index (χ0) is 0. The Balaban J connectivity index is 0. The van der Waals surface area contributed by atoms with E-state index in [9.17, 15) is 0 Å². The van der Waals surface area contributed by atoms with Crippen molar-refractivity contribution in [1.82, 2.24) is 12.3 Å². The quantitative estimate of drug-likeness (QED) is 0.482. The van der Waals surface area contributed by atoms with E-state index < -0.39 is 0 Å². The van der Waals surface area contributed by atoms with Crippen LogP contribution in [0.1, 0.15) is 0 Å². The molecule has 0 unspecified atom stereocenters. The van der Waals surface area contributed by atoms with Crippen molar-refractivity contribution in [3.8, 4) is 0 Å². The fourth-order valence-electron chi connectivity index (χ4n) is 0. The summed E-state index contributed by atoms with van der Waals surface area (Å²) in [6.07, 6.45) is 0. The minimum atomic E-state index is 0. The van der Waals surface area contributed by atoms with Crippen LogP contribution in [0.25, 0.3) is 0 Å². The van der Waals surface area contributed by atoms with Gasteiger partial charge in [-0.3, -0.25) is 0 Å². The smallest absolute Gasteiger partial charge is 0.412 e. The van der Waals surface area contributed by atoms with Crippen LogP contribution in [0.5, 0.6) is 0 Å². The molecule has 0 aromatic rings. The minimum absolute atomic E-state index is 0. The van der Waals surface area contributed by atoms with E-state index in [4.69, 9.17) is 0 Å². The van der Waals surface area contributed by atoms with E-state index in [0.717, 1.165) is 0 Å². The summed E-state index contributed by atoms with van der Waals surface area (Å²) in [5.41, 5.74) is 0. The van der Waals surface area contributed by atoms with Crippen LogP contribution < -0.4 is 12.3 Å². The first kappa shape index (κ1) is 1540. The van der Waals surface area contributed by atoms with Crippen LogP contribution in [-0.4, -0.2) is 21.9 Å². The van der Waals surface area contributed by atoms with Crippen LogP contribution in [0, 0.1) is 0 Å². The van der Waals surface area contributed by atoms with Gasteiger partial charge < -0.3 is 34.2 Å². The van der Waals surface area contributed by atoms with Gasteiger partial charge in [0.15, 0.2) is 0 Å². The summed E-state index contributed by atoms with van der Waals surface area (Å²) >= 11 is 0. The van der Waals surface area contributed by atoms with Crippen molar-refractivity contribution in [2.75, 3.05) is 0 Å². The largest absolute Gasteiger partial charge is 2.00 e. The molecule has 0 aliphatic carbocycles. The Bertz CT molecular complexity index is 9.65. The molecule has 7 heteroatoms. The van der Waals surface area contributed by atoms with E-state index in [-0.39, 0.29) is 55.3 Å². The minimum Gasteiger partial charge on any atom is -0.412 e. The average molecular weight is 301 g/mol. The van der Waals surface area contributed by atoms with Gasteiger partial charge in [-0.1, -0.05) is 0 Å². The summed E-state index contributed by atoms with van der Waals surface area (Å²) in [5, 5.41) is 0. The van der Waals surface area contributed by atoms with E-state index in [0.29, 0.717) is 0 Å². The van der Waals surface area contributed by atoms with E-state index in [1.165, 1.54) is 0 Å². The molecule has 0 saturated heterocycles. The summed E-state index contributed by atoms with van der Waals surface area (Å²) in [4.78, 5) is 0. The van der Waals surface area contributed by atoms with Crippen molar-refractivity contribution >= 4 is 0 Å². The molecular weight excluding hydrogens is 287 g/mol. The van der Waals surface area contributed by atoms with Crippen LogP contribution in [0.15, 0.2) is 0 Å². The molecule has 56 valence electrons. The van der Waals surface area contributed by atoms with Gasteiger partial charge >= 0.3 is 21.1 Å². The Labute approximate surface area is 56.0 Å². The van der Waals surface area contributed by atoms with Gasteiger partial charge in [-0.2, -0.15) is 0 Å². The Kier molecular flexibility index (Phi) is 210000. The molecule has 0 amide bonds. The van der Waals surface area contributed by atoms with Crippen molar-refractivity contribution in [2.45, 2.75) is 0 Å². The van der Waals surface area contributed by atoms with Crippen molar-refractivity contribution in [3.63, 3.8) is 0 Å². The van der Waals surface area contributed by atoms with Crippen LogP contribution in [0.4, 0.5) is 0 Å². The molecule has 0 aliphatic rings. The monoisotopic (exact) mass is 301 g/mol. The van der Waals surface area contributed by atoms with E-state index >= 15 is 0 Å². The van der Waals surface area contributed by atoms with Crippen molar-refractivity contribution in [2.24, 2.45) is 0 Å². The summed E-state index contributed by atoms with van der Waals surface area (Å²) in [6.45, 7) is 0. The summed E-state index contributed by atoms with van der Waals surface area (Å²) in [7, 11) is 0. The van der Waals surface area contributed by atoms with Gasteiger partial charge in [0.05, 0.1) is 0 Å². The average Bonchev–Trinajstić information content (AvgIpc) is 0. The molecule has 0 aromatic heterocycles. The first-order chi connectivity index (χ1) is 0. The normalized spacial score (nSPS) is 0. The third kappa shape index (κ3) is 635. The molecule has 0 saturated carbocycles. The van der Waals surface area contributed by atoms with Crippen LogP contribution >= 0.6 is 0 Å². The van der Waals surface area contributed by atoms with Crippen molar-refractivity contribution < 1.29 is 43.0 Å².